The lowest BCUT2D eigenvalue weighted by Gasteiger charge is -2.01. The molecule has 12 heavy (non-hydrogen) atoms. The fourth-order valence-corrected chi connectivity index (χ4v) is 1.27. The van der Waals surface area contributed by atoms with Crippen LogP contribution in [0.15, 0.2) is 22.5 Å². The van der Waals surface area contributed by atoms with E-state index in [-0.39, 0.29) is 5.76 Å². The number of hydrogen-bond donors (Lipinski definition) is 1. The van der Waals surface area contributed by atoms with Crippen LogP contribution in [0.25, 0.3) is 0 Å². The number of rotatable bonds is 1. The van der Waals surface area contributed by atoms with Gasteiger partial charge in [0, 0.05) is 6.42 Å². The molecule has 0 bridgehead atoms. The maximum absolute atomic E-state index is 11.1. The summed E-state index contributed by atoms with van der Waals surface area (Å²) in [5, 5.41) is 9.37. The molecule has 0 fully saturated rings. The summed E-state index contributed by atoms with van der Waals surface area (Å²) in [6.07, 6.45) is 0.469. The highest BCUT2D eigenvalue weighted by atomic mass is 16.5. The monoisotopic (exact) mass is 168 g/mol. The van der Waals surface area contributed by atoms with Crippen LogP contribution in [-0.4, -0.2) is 18.2 Å². The predicted octanol–water partition coefficient (Wildman–Crippen LogP) is 1.71. The van der Waals surface area contributed by atoms with Gasteiger partial charge in [-0.15, -0.1) is 0 Å². The topological polar surface area (TPSA) is 46.5 Å². The summed E-state index contributed by atoms with van der Waals surface area (Å²) in [5.41, 5.74) is 2.18. The lowest BCUT2D eigenvalue weighted by Crippen LogP contribution is -2.06. The molecule has 0 heterocycles. The molecule has 0 amide bonds. The van der Waals surface area contributed by atoms with Crippen LogP contribution in [-0.2, 0) is 9.53 Å². The van der Waals surface area contributed by atoms with Crippen molar-refractivity contribution >= 4 is 5.97 Å². The molecular weight excluding hydrogens is 156 g/mol. The summed E-state index contributed by atoms with van der Waals surface area (Å²) < 4.78 is 4.53. The van der Waals surface area contributed by atoms with Gasteiger partial charge in [-0.3, -0.25) is 0 Å². The zero-order chi connectivity index (χ0) is 9.30. The Hall–Kier alpha value is -1.25. The number of aliphatic hydroxyl groups is 1. The van der Waals surface area contributed by atoms with E-state index in [1.165, 1.54) is 7.11 Å². The Morgan fingerprint density at radius 2 is 2.08 bits per heavy atom. The van der Waals surface area contributed by atoms with Crippen molar-refractivity contribution in [1.29, 1.82) is 0 Å². The zero-order valence-corrected chi connectivity index (χ0v) is 7.47. The van der Waals surface area contributed by atoms with E-state index in [0.717, 1.165) is 11.1 Å². The third-order valence-corrected chi connectivity index (χ3v) is 2.13. The number of aliphatic hydroxyl groups excluding tert-OH is 1. The van der Waals surface area contributed by atoms with Gasteiger partial charge < -0.3 is 9.84 Å². The molecule has 0 aromatic heterocycles. The fraction of sp³-hybridized carbons (Fsp3) is 0.444. The molecule has 0 saturated carbocycles. The molecule has 0 radical (unpaired) electrons. The van der Waals surface area contributed by atoms with Gasteiger partial charge in [0.1, 0.15) is 11.3 Å². The van der Waals surface area contributed by atoms with E-state index in [0.29, 0.717) is 12.0 Å². The largest absolute Gasteiger partial charge is 0.511 e. The molecule has 1 aliphatic rings. The molecule has 0 spiro atoms. The van der Waals surface area contributed by atoms with Crippen LogP contribution in [0.1, 0.15) is 20.3 Å². The van der Waals surface area contributed by atoms with Gasteiger partial charge in [-0.25, -0.2) is 4.79 Å². The number of esters is 1. The van der Waals surface area contributed by atoms with Crippen molar-refractivity contribution in [3.63, 3.8) is 0 Å². The highest BCUT2D eigenvalue weighted by Gasteiger charge is 2.24. The van der Waals surface area contributed by atoms with Crippen LogP contribution in [0.5, 0.6) is 0 Å². The molecule has 0 aromatic carbocycles. The summed E-state index contributed by atoms with van der Waals surface area (Å²) in [4.78, 5) is 11.1. The highest BCUT2D eigenvalue weighted by Crippen LogP contribution is 2.30. The maximum atomic E-state index is 11.1. The third kappa shape index (κ3) is 1.22. The molecule has 1 rings (SSSR count). The van der Waals surface area contributed by atoms with Crippen LogP contribution in [0.3, 0.4) is 0 Å². The molecule has 0 atom stereocenters. The Bertz CT molecular complexity index is 284. The zero-order valence-electron chi connectivity index (χ0n) is 7.47. The second-order valence-electron chi connectivity index (χ2n) is 2.90. The Labute approximate surface area is 71.3 Å². The minimum Gasteiger partial charge on any atom is -0.511 e. The molecule has 0 aromatic rings. The molecule has 0 aliphatic heterocycles. The van der Waals surface area contributed by atoms with Gasteiger partial charge >= 0.3 is 5.97 Å². The molecule has 66 valence electrons. The van der Waals surface area contributed by atoms with E-state index in [2.05, 4.69) is 4.74 Å². The first-order chi connectivity index (χ1) is 5.57. The van der Waals surface area contributed by atoms with E-state index >= 15 is 0 Å². The molecule has 1 aliphatic carbocycles. The summed E-state index contributed by atoms with van der Waals surface area (Å²) >= 11 is 0. The average Bonchev–Trinajstić information content (AvgIpc) is 2.26. The van der Waals surface area contributed by atoms with E-state index < -0.39 is 5.97 Å². The second kappa shape index (κ2) is 3.01. The van der Waals surface area contributed by atoms with Crippen molar-refractivity contribution in [3.05, 3.63) is 22.5 Å². The molecular formula is C9H12O3. The smallest absolute Gasteiger partial charge is 0.341 e. The Kier molecular flexibility index (Phi) is 2.22. The molecule has 0 unspecified atom stereocenters. The number of ether oxygens (including phenoxy) is 1. The van der Waals surface area contributed by atoms with Crippen LogP contribution in [0, 0.1) is 0 Å². The first-order valence-electron chi connectivity index (χ1n) is 3.75. The van der Waals surface area contributed by atoms with Crippen molar-refractivity contribution in [2.45, 2.75) is 20.3 Å². The summed E-state index contributed by atoms with van der Waals surface area (Å²) in [5.74, 6) is -0.335. The minimum absolute atomic E-state index is 0.122. The first-order valence-corrected chi connectivity index (χ1v) is 3.75. The van der Waals surface area contributed by atoms with Crippen LogP contribution in [0.4, 0.5) is 0 Å². The normalized spacial score (nSPS) is 17.2. The fourth-order valence-electron chi connectivity index (χ4n) is 1.27. The molecule has 3 nitrogen and oxygen atoms in total. The Morgan fingerprint density at radius 3 is 2.42 bits per heavy atom. The predicted molar refractivity (Wildman–Crippen MR) is 44.7 cm³/mol. The average molecular weight is 168 g/mol. The highest BCUT2D eigenvalue weighted by molar-refractivity contribution is 5.95. The lowest BCUT2D eigenvalue weighted by molar-refractivity contribution is -0.136. The Balaban J connectivity index is 3.03. The molecule has 0 saturated heterocycles. The quantitative estimate of drug-likeness (QED) is 0.606. The van der Waals surface area contributed by atoms with Gasteiger partial charge in [0.05, 0.1) is 7.11 Å². The van der Waals surface area contributed by atoms with E-state index in [9.17, 15) is 9.90 Å². The van der Waals surface area contributed by atoms with Crippen molar-refractivity contribution < 1.29 is 14.6 Å². The summed E-state index contributed by atoms with van der Waals surface area (Å²) in [6.45, 7) is 3.70. The van der Waals surface area contributed by atoms with Gasteiger partial charge in [0.25, 0.3) is 0 Å². The van der Waals surface area contributed by atoms with Gasteiger partial charge in [-0.05, 0) is 19.4 Å². The summed E-state index contributed by atoms with van der Waals surface area (Å²) in [7, 11) is 1.31. The standard InChI is InChI=1S/C9H12O3/c1-5-4-7(10)8(6(5)2)9(11)12-3/h10H,4H2,1-3H3. The van der Waals surface area contributed by atoms with E-state index in [1.807, 2.05) is 13.8 Å². The molecule has 3 heteroatoms. The van der Waals surface area contributed by atoms with Crippen molar-refractivity contribution in [1.82, 2.24) is 0 Å². The van der Waals surface area contributed by atoms with Gasteiger partial charge in [-0.1, -0.05) is 5.57 Å². The number of methoxy groups -OCH3 is 1. The van der Waals surface area contributed by atoms with Crippen LogP contribution in [0.2, 0.25) is 0 Å². The Morgan fingerprint density at radius 1 is 1.50 bits per heavy atom. The van der Waals surface area contributed by atoms with Crippen LogP contribution < -0.4 is 0 Å². The minimum atomic E-state index is -0.457. The van der Waals surface area contributed by atoms with E-state index in [1.54, 1.807) is 0 Å². The van der Waals surface area contributed by atoms with Gasteiger partial charge in [0.15, 0.2) is 0 Å². The lowest BCUT2D eigenvalue weighted by atomic mass is 10.1. The maximum Gasteiger partial charge on any atom is 0.341 e. The number of hydrogen-bond acceptors (Lipinski definition) is 3. The first kappa shape index (κ1) is 8.84. The van der Waals surface area contributed by atoms with Crippen LogP contribution >= 0.6 is 0 Å². The van der Waals surface area contributed by atoms with Gasteiger partial charge in [-0.2, -0.15) is 0 Å². The van der Waals surface area contributed by atoms with E-state index in [4.69, 9.17) is 0 Å². The molecule has 1 N–H and O–H groups in total. The van der Waals surface area contributed by atoms with Crippen molar-refractivity contribution in [3.8, 4) is 0 Å². The number of carbonyl (C=O) groups excluding carboxylic acids is 1. The van der Waals surface area contributed by atoms with Gasteiger partial charge in [0.2, 0.25) is 0 Å². The third-order valence-electron chi connectivity index (χ3n) is 2.13. The second-order valence-corrected chi connectivity index (χ2v) is 2.90. The number of allylic oxidation sites excluding steroid dienone is 1. The summed E-state index contributed by atoms with van der Waals surface area (Å²) in [6, 6.07) is 0. The SMILES string of the molecule is COC(=O)C1=C(O)CC(C)=C1C. The van der Waals surface area contributed by atoms with Crippen molar-refractivity contribution in [2.24, 2.45) is 0 Å². The van der Waals surface area contributed by atoms with Crippen molar-refractivity contribution in [2.75, 3.05) is 7.11 Å². The number of carbonyl (C=O) groups is 1.